The summed E-state index contributed by atoms with van der Waals surface area (Å²) < 4.78 is 10.6. The number of methoxy groups -OCH3 is 2. The minimum atomic E-state index is -0.134. The summed E-state index contributed by atoms with van der Waals surface area (Å²) in [6.45, 7) is 0. The van der Waals surface area contributed by atoms with Crippen LogP contribution in [0.4, 0.5) is 0 Å². The van der Waals surface area contributed by atoms with Crippen molar-refractivity contribution in [1.82, 2.24) is 15.5 Å². The number of carbonyl (C=O) groups excluding carboxylic acids is 1. The van der Waals surface area contributed by atoms with Crippen LogP contribution in [0.25, 0.3) is 10.9 Å². The molecular formula is C16H21N3O3. The predicted molar refractivity (Wildman–Crippen MR) is 83.5 cm³/mol. The van der Waals surface area contributed by atoms with Crippen molar-refractivity contribution in [3.8, 4) is 11.5 Å². The van der Waals surface area contributed by atoms with E-state index in [2.05, 4.69) is 15.5 Å². The molecule has 2 N–H and O–H groups in total. The zero-order valence-electron chi connectivity index (χ0n) is 12.9. The second kappa shape index (κ2) is 6.25. The quantitative estimate of drug-likeness (QED) is 0.910. The first-order chi connectivity index (χ1) is 10.7. The largest absolute Gasteiger partial charge is 0.493 e. The molecule has 2 aromatic rings. The van der Waals surface area contributed by atoms with Crippen LogP contribution in [-0.2, 0) is 0 Å². The Morgan fingerprint density at radius 3 is 2.55 bits per heavy atom. The van der Waals surface area contributed by atoms with Crippen LogP contribution in [0.1, 0.15) is 42.6 Å². The van der Waals surface area contributed by atoms with E-state index in [1.165, 1.54) is 19.3 Å². The molecule has 118 valence electrons. The lowest BCUT2D eigenvalue weighted by atomic mass is 9.95. The van der Waals surface area contributed by atoms with E-state index >= 15 is 0 Å². The maximum Gasteiger partial charge on any atom is 0.272 e. The SMILES string of the molecule is COc1cc2[nH]nc(C(=O)NC3CCCCC3)c2cc1OC. The maximum absolute atomic E-state index is 12.5. The third-order valence-electron chi connectivity index (χ3n) is 4.22. The number of benzene rings is 1. The number of hydrogen-bond acceptors (Lipinski definition) is 4. The van der Waals surface area contributed by atoms with Crippen molar-refractivity contribution < 1.29 is 14.3 Å². The van der Waals surface area contributed by atoms with Crippen molar-refractivity contribution in [2.24, 2.45) is 0 Å². The Balaban J connectivity index is 1.88. The Morgan fingerprint density at radius 2 is 1.86 bits per heavy atom. The van der Waals surface area contributed by atoms with Crippen molar-refractivity contribution >= 4 is 16.8 Å². The fourth-order valence-corrected chi connectivity index (χ4v) is 3.02. The van der Waals surface area contributed by atoms with E-state index < -0.39 is 0 Å². The Kier molecular flexibility index (Phi) is 4.18. The third kappa shape index (κ3) is 2.73. The van der Waals surface area contributed by atoms with Gasteiger partial charge in [-0.3, -0.25) is 9.89 Å². The summed E-state index contributed by atoms with van der Waals surface area (Å²) in [5, 5.41) is 10.9. The number of fused-ring (bicyclic) bond motifs is 1. The highest BCUT2D eigenvalue weighted by Gasteiger charge is 2.21. The number of H-pyrrole nitrogens is 1. The Hall–Kier alpha value is -2.24. The summed E-state index contributed by atoms with van der Waals surface area (Å²) in [6, 6.07) is 3.83. The van der Waals surface area contributed by atoms with E-state index in [0.29, 0.717) is 17.2 Å². The normalized spacial score (nSPS) is 15.7. The molecule has 0 saturated heterocycles. The van der Waals surface area contributed by atoms with Gasteiger partial charge in [0.2, 0.25) is 0 Å². The fraction of sp³-hybridized carbons (Fsp3) is 0.500. The van der Waals surface area contributed by atoms with Gasteiger partial charge in [0, 0.05) is 17.5 Å². The molecule has 1 fully saturated rings. The molecule has 6 heteroatoms. The molecule has 0 aliphatic heterocycles. The monoisotopic (exact) mass is 303 g/mol. The number of rotatable bonds is 4. The lowest BCUT2D eigenvalue weighted by molar-refractivity contribution is 0.0924. The molecule has 0 spiro atoms. The molecule has 1 saturated carbocycles. The maximum atomic E-state index is 12.5. The van der Waals surface area contributed by atoms with Crippen LogP contribution in [0, 0.1) is 0 Å². The molecule has 0 atom stereocenters. The number of hydrogen-bond donors (Lipinski definition) is 2. The summed E-state index contributed by atoms with van der Waals surface area (Å²) in [5.74, 6) is 1.06. The Bertz CT molecular complexity index is 675. The van der Waals surface area contributed by atoms with Crippen LogP contribution < -0.4 is 14.8 Å². The van der Waals surface area contributed by atoms with Crippen molar-refractivity contribution in [3.63, 3.8) is 0 Å². The van der Waals surface area contributed by atoms with E-state index in [4.69, 9.17) is 9.47 Å². The highest BCUT2D eigenvalue weighted by atomic mass is 16.5. The van der Waals surface area contributed by atoms with Crippen LogP contribution in [-0.4, -0.2) is 36.4 Å². The van der Waals surface area contributed by atoms with Gasteiger partial charge >= 0.3 is 0 Å². The summed E-state index contributed by atoms with van der Waals surface area (Å²) in [6.07, 6.45) is 5.71. The Morgan fingerprint density at radius 1 is 1.18 bits per heavy atom. The highest BCUT2D eigenvalue weighted by molar-refractivity contribution is 6.05. The molecule has 6 nitrogen and oxygen atoms in total. The van der Waals surface area contributed by atoms with Crippen molar-refractivity contribution in [3.05, 3.63) is 17.8 Å². The van der Waals surface area contributed by atoms with Crippen molar-refractivity contribution in [2.45, 2.75) is 38.1 Å². The second-order valence-electron chi connectivity index (χ2n) is 5.63. The Labute approximate surface area is 129 Å². The van der Waals surface area contributed by atoms with Gasteiger partial charge in [0.15, 0.2) is 17.2 Å². The van der Waals surface area contributed by atoms with Gasteiger partial charge in [-0.1, -0.05) is 19.3 Å². The summed E-state index contributed by atoms with van der Waals surface area (Å²) in [5.41, 5.74) is 1.16. The third-order valence-corrected chi connectivity index (χ3v) is 4.22. The van der Waals surface area contributed by atoms with E-state index in [1.54, 1.807) is 26.4 Å². The smallest absolute Gasteiger partial charge is 0.272 e. The number of carbonyl (C=O) groups is 1. The molecule has 1 aliphatic rings. The molecule has 0 radical (unpaired) electrons. The summed E-state index contributed by atoms with van der Waals surface area (Å²) >= 11 is 0. The number of ether oxygens (including phenoxy) is 2. The number of nitrogens with zero attached hydrogens (tertiary/aromatic N) is 1. The minimum Gasteiger partial charge on any atom is -0.493 e. The van der Waals surface area contributed by atoms with E-state index in [0.717, 1.165) is 23.7 Å². The molecule has 1 aromatic heterocycles. The zero-order chi connectivity index (χ0) is 15.5. The molecular weight excluding hydrogens is 282 g/mol. The summed E-state index contributed by atoms with van der Waals surface area (Å²) in [4.78, 5) is 12.5. The topological polar surface area (TPSA) is 76.2 Å². The number of aromatic nitrogens is 2. The van der Waals surface area contributed by atoms with Crippen molar-refractivity contribution in [2.75, 3.05) is 14.2 Å². The molecule has 1 heterocycles. The van der Waals surface area contributed by atoms with Gasteiger partial charge in [0.05, 0.1) is 19.7 Å². The van der Waals surface area contributed by atoms with Gasteiger partial charge < -0.3 is 14.8 Å². The molecule has 1 amide bonds. The van der Waals surface area contributed by atoms with Crippen LogP contribution >= 0.6 is 0 Å². The lowest BCUT2D eigenvalue weighted by Crippen LogP contribution is -2.36. The lowest BCUT2D eigenvalue weighted by Gasteiger charge is -2.22. The molecule has 0 unspecified atom stereocenters. The van der Waals surface area contributed by atoms with Gasteiger partial charge in [-0.25, -0.2) is 0 Å². The average molecular weight is 303 g/mol. The molecule has 0 bridgehead atoms. The van der Waals surface area contributed by atoms with Gasteiger partial charge in [-0.2, -0.15) is 5.10 Å². The number of amides is 1. The minimum absolute atomic E-state index is 0.134. The van der Waals surface area contributed by atoms with Gasteiger partial charge in [0.25, 0.3) is 5.91 Å². The number of aromatic amines is 1. The van der Waals surface area contributed by atoms with Crippen LogP contribution in [0.15, 0.2) is 12.1 Å². The van der Waals surface area contributed by atoms with E-state index in [1.807, 2.05) is 0 Å². The first-order valence-corrected chi connectivity index (χ1v) is 7.64. The second-order valence-corrected chi connectivity index (χ2v) is 5.63. The number of nitrogens with one attached hydrogen (secondary N) is 2. The van der Waals surface area contributed by atoms with E-state index in [9.17, 15) is 4.79 Å². The standard InChI is InChI=1S/C16H21N3O3/c1-21-13-8-11-12(9-14(13)22-2)18-19-15(11)16(20)17-10-6-4-3-5-7-10/h8-10H,3-7H2,1-2H3,(H,17,20)(H,18,19). The first-order valence-electron chi connectivity index (χ1n) is 7.64. The zero-order valence-corrected chi connectivity index (χ0v) is 12.9. The predicted octanol–water partition coefficient (Wildman–Crippen LogP) is 2.64. The molecule has 3 rings (SSSR count). The van der Waals surface area contributed by atoms with Crippen LogP contribution in [0.2, 0.25) is 0 Å². The van der Waals surface area contributed by atoms with Crippen LogP contribution in [0.3, 0.4) is 0 Å². The average Bonchev–Trinajstić information content (AvgIpc) is 2.97. The molecule has 1 aliphatic carbocycles. The molecule has 22 heavy (non-hydrogen) atoms. The first kappa shape index (κ1) is 14.7. The van der Waals surface area contributed by atoms with Gasteiger partial charge in [-0.15, -0.1) is 0 Å². The van der Waals surface area contributed by atoms with Gasteiger partial charge in [-0.05, 0) is 18.9 Å². The highest BCUT2D eigenvalue weighted by Crippen LogP contribution is 2.32. The van der Waals surface area contributed by atoms with Gasteiger partial charge in [0.1, 0.15) is 0 Å². The van der Waals surface area contributed by atoms with E-state index in [-0.39, 0.29) is 11.9 Å². The summed E-state index contributed by atoms with van der Waals surface area (Å²) in [7, 11) is 3.16. The van der Waals surface area contributed by atoms with Crippen molar-refractivity contribution in [1.29, 1.82) is 0 Å². The molecule has 1 aromatic carbocycles. The van der Waals surface area contributed by atoms with Crippen LogP contribution in [0.5, 0.6) is 11.5 Å². The fourth-order valence-electron chi connectivity index (χ4n) is 3.02.